The summed E-state index contributed by atoms with van der Waals surface area (Å²) < 4.78 is 0. The third-order valence-electron chi connectivity index (χ3n) is 4.37. The van der Waals surface area contributed by atoms with Gasteiger partial charge in [-0.2, -0.15) is 5.10 Å². The maximum absolute atomic E-state index is 5.95. The second kappa shape index (κ2) is 7.97. The number of rotatable bonds is 4. The lowest BCUT2D eigenvalue weighted by Crippen LogP contribution is -2.31. The summed E-state index contributed by atoms with van der Waals surface area (Å²) in [6.45, 7) is 3.77. The molecule has 26 heavy (non-hydrogen) atoms. The fourth-order valence-corrected chi connectivity index (χ4v) is 4.07. The van der Waals surface area contributed by atoms with Gasteiger partial charge in [0.25, 0.3) is 0 Å². The van der Waals surface area contributed by atoms with Crippen molar-refractivity contribution < 1.29 is 0 Å². The van der Waals surface area contributed by atoms with Crippen molar-refractivity contribution in [3.8, 4) is 0 Å². The fourth-order valence-electron chi connectivity index (χ4n) is 3.02. The van der Waals surface area contributed by atoms with E-state index in [4.69, 9.17) is 11.6 Å². The third-order valence-corrected chi connectivity index (χ3v) is 5.61. The molecule has 0 radical (unpaired) electrons. The first-order valence-corrected chi connectivity index (χ1v) is 9.82. The quantitative estimate of drug-likeness (QED) is 0.685. The smallest absolute Gasteiger partial charge is 0.208 e. The van der Waals surface area contributed by atoms with E-state index in [2.05, 4.69) is 30.2 Å². The average molecular weight is 387 g/mol. The molecule has 0 atom stereocenters. The van der Waals surface area contributed by atoms with Gasteiger partial charge in [0.05, 0.1) is 0 Å². The van der Waals surface area contributed by atoms with E-state index in [0.29, 0.717) is 0 Å². The minimum atomic E-state index is 0.754. The van der Waals surface area contributed by atoms with Crippen LogP contribution in [0.3, 0.4) is 0 Å². The van der Waals surface area contributed by atoms with Gasteiger partial charge in [0.1, 0.15) is 5.01 Å². The standard InChI is InChI=1S/C18H19ClN6S/c19-15-6-4-14(5-7-15)13-17-22-23-18(26-17)25-10-2-9-24(11-12-25)16-3-1-8-20-21-16/h1,3-8H,2,9-13H2. The summed E-state index contributed by atoms with van der Waals surface area (Å²) in [5.41, 5.74) is 1.20. The van der Waals surface area contributed by atoms with Crippen molar-refractivity contribution in [2.45, 2.75) is 12.8 Å². The number of nitrogens with zero attached hydrogens (tertiary/aromatic N) is 6. The van der Waals surface area contributed by atoms with Crippen molar-refractivity contribution in [3.05, 3.63) is 58.2 Å². The summed E-state index contributed by atoms with van der Waals surface area (Å²) >= 11 is 7.62. The molecule has 1 aliphatic rings. The van der Waals surface area contributed by atoms with Crippen LogP contribution < -0.4 is 9.80 Å². The predicted molar refractivity (Wildman–Crippen MR) is 105 cm³/mol. The van der Waals surface area contributed by atoms with Crippen LogP contribution in [-0.2, 0) is 6.42 Å². The molecule has 0 bridgehead atoms. The molecule has 6 nitrogen and oxygen atoms in total. The third kappa shape index (κ3) is 4.11. The molecule has 0 aliphatic carbocycles. The Morgan fingerprint density at radius 1 is 0.923 bits per heavy atom. The zero-order valence-electron chi connectivity index (χ0n) is 14.3. The molecule has 3 heterocycles. The van der Waals surface area contributed by atoms with Crippen molar-refractivity contribution in [1.82, 2.24) is 20.4 Å². The van der Waals surface area contributed by atoms with Crippen LogP contribution in [0.1, 0.15) is 17.0 Å². The lowest BCUT2D eigenvalue weighted by atomic mass is 10.2. The highest BCUT2D eigenvalue weighted by molar-refractivity contribution is 7.15. The molecule has 0 amide bonds. The predicted octanol–water partition coefficient (Wildman–Crippen LogP) is 3.29. The largest absolute Gasteiger partial charge is 0.353 e. The van der Waals surface area contributed by atoms with E-state index >= 15 is 0 Å². The lowest BCUT2D eigenvalue weighted by molar-refractivity contribution is 0.785. The van der Waals surface area contributed by atoms with Crippen LogP contribution in [0.5, 0.6) is 0 Å². The Hall–Kier alpha value is -2.25. The zero-order valence-corrected chi connectivity index (χ0v) is 15.8. The number of halogens is 1. The molecule has 2 aromatic heterocycles. The maximum atomic E-state index is 5.95. The van der Waals surface area contributed by atoms with Crippen LogP contribution >= 0.6 is 22.9 Å². The highest BCUT2D eigenvalue weighted by atomic mass is 35.5. The highest BCUT2D eigenvalue weighted by Crippen LogP contribution is 2.24. The van der Waals surface area contributed by atoms with Gasteiger partial charge in [-0.05, 0) is 36.2 Å². The molecule has 8 heteroatoms. The number of benzene rings is 1. The Bertz CT molecular complexity index is 838. The van der Waals surface area contributed by atoms with Gasteiger partial charge in [-0.15, -0.1) is 15.3 Å². The summed E-state index contributed by atoms with van der Waals surface area (Å²) in [5, 5.41) is 19.8. The van der Waals surface area contributed by atoms with Crippen LogP contribution in [0, 0.1) is 0 Å². The van der Waals surface area contributed by atoms with Crippen molar-refractivity contribution in [3.63, 3.8) is 0 Å². The van der Waals surface area contributed by atoms with E-state index < -0.39 is 0 Å². The normalized spacial score (nSPS) is 15.1. The molecule has 1 fully saturated rings. The molecule has 134 valence electrons. The Balaban J connectivity index is 1.40. The molecule has 0 saturated carbocycles. The van der Waals surface area contributed by atoms with E-state index in [-0.39, 0.29) is 0 Å². The van der Waals surface area contributed by atoms with Gasteiger partial charge >= 0.3 is 0 Å². The van der Waals surface area contributed by atoms with Gasteiger partial charge < -0.3 is 9.80 Å². The molecule has 0 spiro atoms. The van der Waals surface area contributed by atoms with E-state index in [1.54, 1.807) is 17.5 Å². The summed E-state index contributed by atoms with van der Waals surface area (Å²) in [6, 6.07) is 11.8. The van der Waals surface area contributed by atoms with Crippen molar-refractivity contribution in [2.24, 2.45) is 0 Å². The summed E-state index contributed by atoms with van der Waals surface area (Å²) in [4.78, 5) is 4.60. The topological polar surface area (TPSA) is 58.0 Å². The molecule has 4 rings (SSSR count). The van der Waals surface area contributed by atoms with Gasteiger partial charge in [0.2, 0.25) is 5.13 Å². The van der Waals surface area contributed by atoms with Crippen LogP contribution in [0.25, 0.3) is 0 Å². The first kappa shape index (κ1) is 17.2. The Labute approximate surface area is 161 Å². The zero-order chi connectivity index (χ0) is 17.8. The molecular weight excluding hydrogens is 368 g/mol. The molecule has 0 unspecified atom stereocenters. The average Bonchev–Trinajstić information content (AvgIpc) is 2.99. The van der Waals surface area contributed by atoms with E-state index in [9.17, 15) is 0 Å². The molecule has 1 aliphatic heterocycles. The first-order valence-electron chi connectivity index (χ1n) is 8.62. The number of anilines is 2. The Kier molecular flexibility index (Phi) is 5.26. The molecule has 0 N–H and O–H groups in total. The SMILES string of the molecule is Clc1ccc(Cc2nnc(N3CCCN(c4cccnn4)CC3)s2)cc1. The van der Waals surface area contributed by atoms with E-state index in [1.807, 2.05) is 36.4 Å². The molecule has 3 aromatic rings. The van der Waals surface area contributed by atoms with Crippen molar-refractivity contribution in [1.29, 1.82) is 0 Å². The highest BCUT2D eigenvalue weighted by Gasteiger charge is 2.19. The molecule has 1 saturated heterocycles. The van der Waals surface area contributed by atoms with Gasteiger partial charge in [0.15, 0.2) is 5.82 Å². The maximum Gasteiger partial charge on any atom is 0.208 e. The molecular formula is C18H19ClN6S. The second-order valence-electron chi connectivity index (χ2n) is 6.19. The number of aromatic nitrogens is 4. The summed E-state index contributed by atoms with van der Waals surface area (Å²) in [5.74, 6) is 0.940. The minimum Gasteiger partial charge on any atom is -0.353 e. The Morgan fingerprint density at radius 2 is 1.73 bits per heavy atom. The monoisotopic (exact) mass is 386 g/mol. The van der Waals surface area contributed by atoms with Gasteiger partial charge in [0, 0.05) is 43.8 Å². The lowest BCUT2D eigenvalue weighted by Gasteiger charge is -2.21. The first-order chi connectivity index (χ1) is 12.8. The van der Waals surface area contributed by atoms with Crippen molar-refractivity contribution >= 4 is 33.9 Å². The minimum absolute atomic E-state index is 0.754. The van der Waals surface area contributed by atoms with Crippen LogP contribution in [0.15, 0.2) is 42.6 Å². The number of hydrogen-bond donors (Lipinski definition) is 0. The second-order valence-corrected chi connectivity index (χ2v) is 7.67. The van der Waals surface area contributed by atoms with Gasteiger partial charge in [-0.25, -0.2) is 0 Å². The van der Waals surface area contributed by atoms with Gasteiger partial charge in [-0.1, -0.05) is 35.1 Å². The number of hydrogen-bond acceptors (Lipinski definition) is 7. The van der Waals surface area contributed by atoms with E-state index in [0.717, 1.165) is 60.0 Å². The molecule has 1 aromatic carbocycles. The fraction of sp³-hybridized carbons (Fsp3) is 0.333. The Morgan fingerprint density at radius 3 is 2.54 bits per heavy atom. The van der Waals surface area contributed by atoms with Crippen LogP contribution in [-0.4, -0.2) is 46.6 Å². The van der Waals surface area contributed by atoms with Crippen molar-refractivity contribution in [2.75, 3.05) is 36.0 Å². The summed E-state index contributed by atoms with van der Waals surface area (Å²) in [7, 11) is 0. The van der Waals surface area contributed by atoms with Crippen LogP contribution in [0.4, 0.5) is 10.9 Å². The van der Waals surface area contributed by atoms with E-state index in [1.165, 1.54) is 5.56 Å². The van der Waals surface area contributed by atoms with Crippen LogP contribution in [0.2, 0.25) is 5.02 Å². The summed E-state index contributed by atoms with van der Waals surface area (Å²) in [6.07, 6.45) is 3.55. The van der Waals surface area contributed by atoms with Gasteiger partial charge in [-0.3, -0.25) is 0 Å².